The van der Waals surface area contributed by atoms with Gasteiger partial charge in [-0.25, -0.2) is 0 Å². The molecule has 8 heteroatoms. The second-order valence-electron chi connectivity index (χ2n) is 6.09. The van der Waals surface area contributed by atoms with Crippen LogP contribution in [-0.2, 0) is 9.59 Å². The summed E-state index contributed by atoms with van der Waals surface area (Å²) >= 11 is 7.78. The number of hydrogen-bond donors (Lipinski definition) is 2. The van der Waals surface area contributed by atoms with Crippen LogP contribution in [0.15, 0.2) is 42.3 Å². The predicted molar refractivity (Wildman–Crippen MR) is 108 cm³/mol. The fourth-order valence-electron chi connectivity index (χ4n) is 2.91. The van der Waals surface area contributed by atoms with E-state index in [4.69, 9.17) is 11.6 Å². The molecule has 1 aliphatic heterocycles. The quantitative estimate of drug-likeness (QED) is 0.592. The lowest BCUT2D eigenvalue weighted by atomic mass is 10.1. The molecule has 0 bridgehead atoms. The molecule has 1 aromatic carbocycles. The second-order valence-corrected chi connectivity index (χ2v) is 7.45. The van der Waals surface area contributed by atoms with Gasteiger partial charge in [0.05, 0.1) is 17.3 Å². The zero-order valence-corrected chi connectivity index (χ0v) is 16.2. The van der Waals surface area contributed by atoms with Crippen molar-refractivity contribution in [1.82, 2.24) is 9.80 Å². The number of piperazine rings is 1. The Morgan fingerprint density at radius 3 is 2.59 bits per heavy atom. The number of hydrogen-bond acceptors (Lipinski definition) is 5. The number of thiophene rings is 1. The lowest BCUT2D eigenvalue weighted by molar-refractivity contribution is -0.135. The van der Waals surface area contributed by atoms with Crippen LogP contribution in [0.2, 0.25) is 5.02 Å². The number of nitrogens with one attached hydrogen (secondary N) is 1. The Bertz CT molecular complexity index is 846. The minimum atomic E-state index is -0.118. The van der Waals surface area contributed by atoms with E-state index >= 15 is 0 Å². The van der Waals surface area contributed by atoms with E-state index in [0.29, 0.717) is 36.9 Å². The summed E-state index contributed by atoms with van der Waals surface area (Å²) in [4.78, 5) is 28.4. The molecule has 0 atom stereocenters. The number of nitrogens with zero attached hydrogens (tertiary/aromatic N) is 2. The summed E-state index contributed by atoms with van der Waals surface area (Å²) in [7, 11) is 0. The van der Waals surface area contributed by atoms with Crippen LogP contribution in [0.1, 0.15) is 0 Å². The SMILES string of the molecule is C=CC(=O)N1CCN(C(=O)CNc2cc(-c3cccs3)c(Cl)cc2O)CC1. The largest absolute Gasteiger partial charge is 0.506 e. The average molecular weight is 406 g/mol. The first-order valence-electron chi connectivity index (χ1n) is 8.49. The van der Waals surface area contributed by atoms with E-state index in [1.54, 1.807) is 27.2 Å². The van der Waals surface area contributed by atoms with Crippen LogP contribution in [-0.4, -0.2) is 59.4 Å². The van der Waals surface area contributed by atoms with Gasteiger partial charge in [-0.15, -0.1) is 11.3 Å². The minimum absolute atomic E-state index is 0.00509. The van der Waals surface area contributed by atoms with Gasteiger partial charge in [-0.05, 0) is 23.6 Å². The van der Waals surface area contributed by atoms with Crippen LogP contribution in [0.25, 0.3) is 10.4 Å². The molecule has 1 saturated heterocycles. The van der Waals surface area contributed by atoms with E-state index in [9.17, 15) is 14.7 Å². The molecule has 1 fully saturated rings. The van der Waals surface area contributed by atoms with Crippen LogP contribution in [0.3, 0.4) is 0 Å². The molecule has 1 aliphatic rings. The molecule has 2 N–H and O–H groups in total. The van der Waals surface area contributed by atoms with Crippen molar-refractivity contribution in [1.29, 1.82) is 0 Å². The zero-order valence-electron chi connectivity index (χ0n) is 14.7. The van der Waals surface area contributed by atoms with E-state index in [1.165, 1.54) is 12.1 Å². The Kier molecular flexibility index (Phi) is 6.03. The highest BCUT2D eigenvalue weighted by Gasteiger charge is 2.23. The number of anilines is 1. The summed E-state index contributed by atoms with van der Waals surface area (Å²) < 4.78 is 0. The third kappa shape index (κ3) is 4.43. The third-order valence-corrected chi connectivity index (χ3v) is 5.64. The molecule has 2 heterocycles. The number of amides is 2. The molecular weight excluding hydrogens is 386 g/mol. The summed E-state index contributed by atoms with van der Waals surface area (Å²) in [5.74, 6) is -0.213. The molecule has 2 aromatic rings. The van der Waals surface area contributed by atoms with Crippen molar-refractivity contribution in [2.45, 2.75) is 0 Å². The van der Waals surface area contributed by atoms with Crippen LogP contribution < -0.4 is 5.32 Å². The molecule has 142 valence electrons. The highest BCUT2D eigenvalue weighted by molar-refractivity contribution is 7.13. The van der Waals surface area contributed by atoms with Gasteiger partial charge in [0, 0.05) is 42.7 Å². The van der Waals surface area contributed by atoms with Gasteiger partial charge in [-0.2, -0.15) is 0 Å². The van der Waals surface area contributed by atoms with Gasteiger partial charge in [0.2, 0.25) is 11.8 Å². The van der Waals surface area contributed by atoms with Gasteiger partial charge in [-0.1, -0.05) is 24.2 Å². The Hall–Kier alpha value is -2.51. The van der Waals surface area contributed by atoms with Crippen molar-refractivity contribution >= 4 is 40.4 Å². The number of carbonyl (C=O) groups excluding carboxylic acids is 2. The van der Waals surface area contributed by atoms with Crippen molar-refractivity contribution in [3.8, 4) is 16.2 Å². The molecule has 1 aromatic heterocycles. The maximum absolute atomic E-state index is 12.4. The Morgan fingerprint density at radius 2 is 1.96 bits per heavy atom. The summed E-state index contributed by atoms with van der Waals surface area (Å²) in [6, 6.07) is 7.10. The standard InChI is InChI=1S/C19H20ClN3O3S/c1-2-18(25)22-5-7-23(8-6-22)19(26)12-21-15-10-13(14(20)11-16(15)24)17-4-3-9-27-17/h2-4,9-11,21,24H,1,5-8,12H2. The first kappa shape index (κ1) is 19.3. The molecule has 0 radical (unpaired) electrons. The number of rotatable bonds is 5. The number of phenols is 1. The number of halogens is 1. The lowest BCUT2D eigenvalue weighted by Crippen LogP contribution is -2.51. The maximum Gasteiger partial charge on any atom is 0.246 e. The fourth-order valence-corrected chi connectivity index (χ4v) is 3.99. The van der Waals surface area contributed by atoms with E-state index in [-0.39, 0.29) is 24.1 Å². The predicted octanol–water partition coefficient (Wildman–Crippen LogP) is 3.04. The van der Waals surface area contributed by atoms with Gasteiger partial charge in [0.1, 0.15) is 5.75 Å². The van der Waals surface area contributed by atoms with Gasteiger partial charge < -0.3 is 20.2 Å². The molecule has 0 unspecified atom stereocenters. The summed E-state index contributed by atoms with van der Waals surface area (Å²) in [6.45, 7) is 5.47. The molecule has 3 rings (SSSR count). The maximum atomic E-state index is 12.4. The molecule has 2 amide bonds. The Morgan fingerprint density at radius 1 is 1.26 bits per heavy atom. The molecule has 27 heavy (non-hydrogen) atoms. The average Bonchev–Trinajstić information content (AvgIpc) is 3.21. The molecule has 0 saturated carbocycles. The highest BCUT2D eigenvalue weighted by atomic mass is 35.5. The summed E-state index contributed by atoms with van der Waals surface area (Å²) in [5, 5.41) is 15.5. The summed E-state index contributed by atoms with van der Waals surface area (Å²) in [5.41, 5.74) is 1.26. The first-order valence-corrected chi connectivity index (χ1v) is 9.74. The van der Waals surface area contributed by atoms with Gasteiger partial charge in [-0.3, -0.25) is 9.59 Å². The second kappa shape index (κ2) is 8.45. The normalized spacial score (nSPS) is 14.1. The van der Waals surface area contributed by atoms with Gasteiger partial charge >= 0.3 is 0 Å². The first-order chi connectivity index (χ1) is 13.0. The molecule has 0 spiro atoms. The van der Waals surface area contributed by atoms with Crippen molar-refractivity contribution in [2.24, 2.45) is 0 Å². The van der Waals surface area contributed by atoms with Gasteiger partial charge in [0.25, 0.3) is 0 Å². The molecule has 6 nitrogen and oxygen atoms in total. The fraction of sp³-hybridized carbons (Fsp3) is 0.263. The Labute approximate surface area is 166 Å². The number of aromatic hydroxyl groups is 1. The van der Waals surface area contributed by atoms with Crippen LogP contribution in [0, 0.1) is 0 Å². The van der Waals surface area contributed by atoms with Crippen molar-refractivity contribution < 1.29 is 14.7 Å². The smallest absolute Gasteiger partial charge is 0.246 e. The third-order valence-electron chi connectivity index (χ3n) is 4.42. The topological polar surface area (TPSA) is 72.9 Å². The van der Waals surface area contributed by atoms with Crippen molar-refractivity contribution in [3.63, 3.8) is 0 Å². The Balaban J connectivity index is 1.62. The number of carbonyl (C=O) groups is 2. The number of benzene rings is 1. The van der Waals surface area contributed by atoms with E-state index in [1.807, 2.05) is 17.5 Å². The minimum Gasteiger partial charge on any atom is -0.506 e. The zero-order chi connectivity index (χ0) is 19.4. The monoisotopic (exact) mass is 405 g/mol. The molecule has 0 aliphatic carbocycles. The van der Waals surface area contributed by atoms with E-state index < -0.39 is 0 Å². The summed E-state index contributed by atoms with van der Waals surface area (Å²) in [6.07, 6.45) is 1.29. The van der Waals surface area contributed by atoms with Crippen LogP contribution >= 0.6 is 22.9 Å². The highest BCUT2D eigenvalue weighted by Crippen LogP contribution is 2.38. The lowest BCUT2D eigenvalue weighted by Gasteiger charge is -2.34. The van der Waals surface area contributed by atoms with Gasteiger partial charge in [0.15, 0.2) is 0 Å². The van der Waals surface area contributed by atoms with E-state index in [2.05, 4.69) is 11.9 Å². The molecular formula is C19H20ClN3O3S. The van der Waals surface area contributed by atoms with Crippen molar-refractivity contribution in [3.05, 3.63) is 47.3 Å². The van der Waals surface area contributed by atoms with Crippen LogP contribution in [0.5, 0.6) is 5.75 Å². The number of phenolic OH excluding ortho intramolecular Hbond substituents is 1. The van der Waals surface area contributed by atoms with Crippen molar-refractivity contribution in [2.75, 3.05) is 38.0 Å². The van der Waals surface area contributed by atoms with Crippen LogP contribution in [0.4, 0.5) is 5.69 Å². The van der Waals surface area contributed by atoms with E-state index in [0.717, 1.165) is 10.4 Å².